The number of hydrogen-bond donors (Lipinski definition) is 3. The summed E-state index contributed by atoms with van der Waals surface area (Å²) < 4.78 is 13.5. The van der Waals surface area contributed by atoms with Crippen LogP contribution in [0.1, 0.15) is 0 Å². The molecule has 0 spiro atoms. The number of aromatic nitrogens is 4. The molecule has 0 saturated carbocycles. The number of carbonyl (C=O) groups is 1. The lowest BCUT2D eigenvalue weighted by Crippen LogP contribution is -2.27. The highest BCUT2D eigenvalue weighted by atomic mass is 19.1. The molecule has 7 nitrogen and oxygen atoms in total. The number of pyridine rings is 1. The normalized spacial score (nSPS) is 11.5. The number of H-pyrrole nitrogens is 2. The minimum Gasteiger partial charge on any atom is -0.353 e. The van der Waals surface area contributed by atoms with Crippen LogP contribution in [-0.4, -0.2) is 51.6 Å². The molecule has 0 aliphatic carbocycles. The van der Waals surface area contributed by atoms with Crippen LogP contribution >= 0.6 is 0 Å². The van der Waals surface area contributed by atoms with E-state index in [1.807, 2.05) is 55.4 Å². The first kappa shape index (κ1) is 23.6. The first-order chi connectivity index (χ1) is 18.4. The Bertz CT molecular complexity index is 1780. The summed E-state index contributed by atoms with van der Waals surface area (Å²) >= 11 is 0. The van der Waals surface area contributed by atoms with Crippen molar-refractivity contribution in [3.63, 3.8) is 0 Å². The lowest BCUT2D eigenvalue weighted by Gasteiger charge is -2.11. The largest absolute Gasteiger partial charge is 0.353 e. The Morgan fingerprint density at radius 1 is 0.895 bits per heavy atom. The topological polar surface area (TPSA) is 89.7 Å². The molecule has 0 aliphatic heterocycles. The number of nitrogens with one attached hydrogen (secondary N) is 3. The van der Waals surface area contributed by atoms with Gasteiger partial charge in [-0.3, -0.25) is 14.9 Å². The third-order valence-electron chi connectivity index (χ3n) is 6.45. The molecule has 3 aromatic carbocycles. The smallest absolute Gasteiger partial charge is 0.238 e. The number of benzene rings is 3. The number of anilines is 1. The second kappa shape index (κ2) is 9.57. The molecule has 0 unspecified atom stereocenters. The van der Waals surface area contributed by atoms with E-state index in [1.54, 1.807) is 24.5 Å². The van der Waals surface area contributed by atoms with E-state index in [-0.39, 0.29) is 11.7 Å². The van der Waals surface area contributed by atoms with Gasteiger partial charge in [0.2, 0.25) is 5.91 Å². The fourth-order valence-corrected chi connectivity index (χ4v) is 4.72. The number of likely N-dealkylation sites (N-methyl/N-ethyl adjacent to an activating group) is 1. The maximum absolute atomic E-state index is 13.5. The molecule has 3 aromatic heterocycles. The van der Waals surface area contributed by atoms with Crippen LogP contribution in [0.3, 0.4) is 0 Å². The molecule has 0 aliphatic rings. The van der Waals surface area contributed by atoms with Crippen molar-refractivity contribution >= 4 is 33.4 Å². The SMILES string of the molecule is CN(C)CC(=O)Nc1cncc(-c2ccc3[nH]nc(-c4cc5c(-c6ccc(F)cc6)cccc5[nH]4)c3c2)c1. The summed E-state index contributed by atoms with van der Waals surface area (Å²) in [5.74, 6) is -0.355. The summed E-state index contributed by atoms with van der Waals surface area (Å²) in [6.45, 7) is 0.294. The van der Waals surface area contributed by atoms with Gasteiger partial charge in [-0.2, -0.15) is 5.10 Å². The highest BCUT2D eigenvalue weighted by Crippen LogP contribution is 2.35. The Hall–Kier alpha value is -4.82. The molecule has 3 N–H and O–H groups in total. The van der Waals surface area contributed by atoms with E-state index in [0.29, 0.717) is 12.2 Å². The zero-order valence-electron chi connectivity index (χ0n) is 20.9. The molecule has 0 atom stereocenters. The number of carbonyl (C=O) groups excluding carboxylic acids is 1. The number of nitrogens with zero attached hydrogens (tertiary/aromatic N) is 3. The van der Waals surface area contributed by atoms with Crippen molar-refractivity contribution in [3.05, 3.63) is 91.0 Å². The molecule has 6 rings (SSSR count). The molecular weight excluding hydrogens is 479 g/mol. The molecule has 8 heteroatoms. The van der Waals surface area contributed by atoms with Crippen LogP contribution in [-0.2, 0) is 4.79 Å². The maximum atomic E-state index is 13.5. The molecule has 6 aromatic rings. The molecule has 38 heavy (non-hydrogen) atoms. The average molecular weight is 505 g/mol. The minimum atomic E-state index is -0.258. The quantitative estimate of drug-likeness (QED) is 0.256. The molecular formula is C30H25FN6O. The van der Waals surface area contributed by atoms with Gasteiger partial charge in [0.05, 0.1) is 29.6 Å². The number of hydrogen-bond acceptors (Lipinski definition) is 4. The van der Waals surface area contributed by atoms with Crippen LogP contribution < -0.4 is 5.32 Å². The second-order valence-electron chi connectivity index (χ2n) is 9.54. The van der Waals surface area contributed by atoms with Crippen molar-refractivity contribution < 1.29 is 9.18 Å². The first-order valence-corrected chi connectivity index (χ1v) is 12.2. The first-order valence-electron chi connectivity index (χ1n) is 12.2. The van der Waals surface area contributed by atoms with Gasteiger partial charge in [0.15, 0.2) is 0 Å². The third kappa shape index (κ3) is 4.53. The highest BCUT2D eigenvalue weighted by Gasteiger charge is 2.15. The molecule has 0 fully saturated rings. The Labute approximate surface area is 218 Å². The second-order valence-corrected chi connectivity index (χ2v) is 9.54. The lowest BCUT2D eigenvalue weighted by molar-refractivity contribution is -0.116. The summed E-state index contributed by atoms with van der Waals surface area (Å²) in [6.07, 6.45) is 3.42. The van der Waals surface area contributed by atoms with Gasteiger partial charge in [0.1, 0.15) is 11.5 Å². The maximum Gasteiger partial charge on any atom is 0.238 e. The number of aromatic amines is 2. The summed E-state index contributed by atoms with van der Waals surface area (Å²) in [4.78, 5) is 21.8. The van der Waals surface area contributed by atoms with Gasteiger partial charge in [-0.15, -0.1) is 0 Å². The van der Waals surface area contributed by atoms with Crippen LogP contribution in [0.4, 0.5) is 10.1 Å². The predicted octanol–water partition coefficient (Wildman–Crippen LogP) is 6.08. The molecule has 1 amide bonds. The fourth-order valence-electron chi connectivity index (χ4n) is 4.72. The van der Waals surface area contributed by atoms with E-state index < -0.39 is 0 Å². The lowest BCUT2D eigenvalue weighted by atomic mass is 10.0. The van der Waals surface area contributed by atoms with Crippen molar-refractivity contribution in [1.29, 1.82) is 0 Å². The van der Waals surface area contributed by atoms with Gasteiger partial charge in [-0.05, 0) is 73.3 Å². The van der Waals surface area contributed by atoms with E-state index in [1.165, 1.54) is 12.1 Å². The molecule has 0 bridgehead atoms. The minimum absolute atomic E-state index is 0.0969. The molecule has 0 saturated heterocycles. The van der Waals surface area contributed by atoms with Crippen LogP contribution in [0.5, 0.6) is 0 Å². The predicted molar refractivity (Wildman–Crippen MR) is 149 cm³/mol. The average Bonchev–Trinajstić information content (AvgIpc) is 3.52. The number of amides is 1. The van der Waals surface area contributed by atoms with E-state index in [2.05, 4.69) is 37.6 Å². The summed E-state index contributed by atoms with van der Waals surface area (Å²) in [5, 5.41) is 12.6. The van der Waals surface area contributed by atoms with Crippen molar-refractivity contribution in [2.45, 2.75) is 0 Å². The van der Waals surface area contributed by atoms with Gasteiger partial charge < -0.3 is 15.2 Å². The van der Waals surface area contributed by atoms with E-state index >= 15 is 0 Å². The zero-order chi connectivity index (χ0) is 26.2. The van der Waals surface area contributed by atoms with Crippen molar-refractivity contribution in [1.82, 2.24) is 25.1 Å². The molecule has 188 valence electrons. The zero-order valence-corrected chi connectivity index (χ0v) is 20.9. The van der Waals surface area contributed by atoms with Crippen molar-refractivity contribution in [3.8, 4) is 33.6 Å². The van der Waals surface area contributed by atoms with Crippen molar-refractivity contribution in [2.24, 2.45) is 0 Å². The number of fused-ring (bicyclic) bond motifs is 2. The standard InChI is InChI=1S/C30H25FN6O/c1-37(2)17-29(38)33-22-12-20(15-32-16-22)19-8-11-27-25(13-19)30(36-35-27)28-14-24-23(4-3-5-26(24)34-28)18-6-9-21(31)10-7-18/h3-16,34H,17H2,1-2H3,(H,33,38)(H,35,36). The van der Waals surface area contributed by atoms with Crippen LogP contribution in [0.2, 0.25) is 0 Å². The van der Waals surface area contributed by atoms with Crippen LogP contribution in [0, 0.1) is 5.82 Å². The highest BCUT2D eigenvalue weighted by molar-refractivity contribution is 6.02. The van der Waals surface area contributed by atoms with Gasteiger partial charge in [-0.25, -0.2) is 4.39 Å². The Morgan fingerprint density at radius 3 is 2.53 bits per heavy atom. The van der Waals surface area contributed by atoms with Gasteiger partial charge in [0.25, 0.3) is 0 Å². The Kier molecular flexibility index (Phi) is 5.94. The van der Waals surface area contributed by atoms with Gasteiger partial charge >= 0.3 is 0 Å². The van der Waals surface area contributed by atoms with Crippen molar-refractivity contribution in [2.75, 3.05) is 26.0 Å². The Balaban J connectivity index is 1.38. The van der Waals surface area contributed by atoms with Gasteiger partial charge in [-0.1, -0.05) is 30.3 Å². The van der Waals surface area contributed by atoms with Crippen LogP contribution in [0.25, 0.3) is 55.4 Å². The van der Waals surface area contributed by atoms with Crippen LogP contribution in [0.15, 0.2) is 85.2 Å². The molecule has 0 radical (unpaired) electrons. The fraction of sp³-hybridized carbons (Fsp3) is 0.100. The summed E-state index contributed by atoms with van der Waals surface area (Å²) in [6, 6.07) is 22.6. The van der Waals surface area contributed by atoms with E-state index in [9.17, 15) is 9.18 Å². The van der Waals surface area contributed by atoms with E-state index in [4.69, 9.17) is 0 Å². The summed E-state index contributed by atoms with van der Waals surface area (Å²) in [5.41, 5.74) is 8.00. The monoisotopic (exact) mass is 504 g/mol. The summed E-state index contributed by atoms with van der Waals surface area (Å²) in [7, 11) is 3.70. The number of halogens is 1. The third-order valence-corrected chi connectivity index (χ3v) is 6.45. The molecule has 3 heterocycles. The van der Waals surface area contributed by atoms with Gasteiger partial charge in [0, 0.05) is 28.0 Å². The Morgan fingerprint density at radius 2 is 1.71 bits per heavy atom. The number of rotatable bonds is 6. The van der Waals surface area contributed by atoms with E-state index in [0.717, 1.165) is 55.4 Å².